The second-order valence-corrected chi connectivity index (χ2v) is 15.8. The number of imidazole rings is 2. The number of nitrogens with zero attached hydrogens (tertiary/aromatic N) is 4. The number of hydrogen-bond donors (Lipinski definition) is 0. The van der Waals surface area contributed by atoms with Gasteiger partial charge in [0, 0.05) is 17.0 Å². The molecule has 52 heavy (non-hydrogen) atoms. The van der Waals surface area contributed by atoms with E-state index in [1.807, 2.05) is 0 Å². The van der Waals surface area contributed by atoms with Crippen LogP contribution in [0.4, 0.5) is 0 Å². The Hall–Kier alpha value is -5.22. The van der Waals surface area contributed by atoms with Gasteiger partial charge in [0.25, 0.3) is 6.33 Å². The number of aromatic nitrogens is 4. The number of aryl methyl sites for hydroxylation is 9. The van der Waals surface area contributed by atoms with Crippen molar-refractivity contribution in [2.24, 2.45) is 5.92 Å². The van der Waals surface area contributed by atoms with E-state index in [1.165, 1.54) is 95.1 Å². The van der Waals surface area contributed by atoms with Crippen LogP contribution >= 0.6 is 0 Å². The molecule has 1 aliphatic rings. The third-order valence-corrected chi connectivity index (χ3v) is 10.9. The van der Waals surface area contributed by atoms with E-state index in [0.29, 0.717) is 5.92 Å². The average Bonchev–Trinajstić information content (AvgIpc) is 3.64. The zero-order valence-corrected chi connectivity index (χ0v) is 33.2. The predicted molar refractivity (Wildman–Crippen MR) is 216 cm³/mol. The highest BCUT2D eigenvalue weighted by atomic mass is 15.2. The molecule has 2 unspecified atom stereocenters. The summed E-state index contributed by atoms with van der Waals surface area (Å²) in [5.41, 5.74) is 22.7. The van der Waals surface area contributed by atoms with E-state index in [1.54, 1.807) is 0 Å². The van der Waals surface area contributed by atoms with Crippen molar-refractivity contribution in [1.29, 1.82) is 0 Å². The number of allylic oxidation sites excluding steroid dienone is 4. The van der Waals surface area contributed by atoms with Crippen LogP contribution in [0, 0.1) is 68.2 Å². The lowest BCUT2D eigenvalue weighted by Crippen LogP contribution is -2.42. The molecule has 4 nitrogen and oxygen atoms in total. The smallest absolute Gasteiger partial charge is 0.229 e. The fraction of sp³-hybridized carbons (Fsp3) is 0.292. The van der Waals surface area contributed by atoms with Gasteiger partial charge in [0.15, 0.2) is 11.4 Å². The van der Waals surface area contributed by atoms with Crippen molar-refractivity contribution < 1.29 is 9.13 Å². The van der Waals surface area contributed by atoms with Gasteiger partial charge in [-0.2, -0.15) is 9.13 Å². The van der Waals surface area contributed by atoms with Crippen LogP contribution in [0.25, 0.3) is 39.6 Å². The molecule has 0 saturated heterocycles. The van der Waals surface area contributed by atoms with Crippen molar-refractivity contribution in [3.63, 3.8) is 0 Å². The molecule has 0 saturated carbocycles. The lowest BCUT2D eigenvalue weighted by atomic mass is 9.87. The zero-order chi connectivity index (χ0) is 37.2. The van der Waals surface area contributed by atoms with Crippen LogP contribution in [-0.2, 0) is 0 Å². The summed E-state index contributed by atoms with van der Waals surface area (Å²) in [4.78, 5) is 0. The van der Waals surface area contributed by atoms with Gasteiger partial charge in [0.1, 0.15) is 35.5 Å². The molecule has 0 bridgehead atoms. The van der Waals surface area contributed by atoms with Crippen LogP contribution in [0.2, 0.25) is 0 Å². The van der Waals surface area contributed by atoms with Gasteiger partial charge in [-0.05, 0) is 139 Å². The molecule has 0 aliphatic heterocycles. The van der Waals surface area contributed by atoms with Gasteiger partial charge in [-0.3, -0.25) is 0 Å². The lowest BCUT2D eigenvalue weighted by Gasteiger charge is -2.23. The molecular weight excluding hydrogens is 633 g/mol. The average molecular weight is 687 g/mol. The maximum atomic E-state index is 2.44. The van der Waals surface area contributed by atoms with Crippen LogP contribution in [0.5, 0.6) is 0 Å². The van der Waals surface area contributed by atoms with Crippen LogP contribution in [0.15, 0.2) is 109 Å². The molecule has 0 spiro atoms. The summed E-state index contributed by atoms with van der Waals surface area (Å²) < 4.78 is 9.57. The minimum absolute atomic E-state index is 0.266. The Kier molecular flexibility index (Phi) is 9.07. The van der Waals surface area contributed by atoms with Crippen molar-refractivity contribution in [3.8, 4) is 39.6 Å². The molecule has 0 N–H and O–H groups in total. The lowest BCUT2D eigenvalue weighted by molar-refractivity contribution is -0.718. The van der Waals surface area contributed by atoms with E-state index in [0.717, 1.165) is 5.69 Å². The Morgan fingerprint density at radius 2 is 0.942 bits per heavy atom. The van der Waals surface area contributed by atoms with E-state index in [9.17, 15) is 0 Å². The third kappa shape index (κ3) is 6.29. The predicted octanol–water partition coefficient (Wildman–Crippen LogP) is 11.0. The van der Waals surface area contributed by atoms with Gasteiger partial charge in [0.05, 0.1) is 0 Å². The SMILES string of the molecule is CC1=CC(C)C([n+]2cc(-c3ccc(-c4c[n+](-c5c(C)cc(C)cc5C)cn4-c4c(C)cc(C)cc4C)cc3)n(-c3c(C)cc(C)cc3C)c2)C(C)=C1. The van der Waals surface area contributed by atoms with E-state index in [2.05, 4.69) is 199 Å². The van der Waals surface area contributed by atoms with Crippen LogP contribution < -0.4 is 9.13 Å². The highest BCUT2D eigenvalue weighted by Crippen LogP contribution is 2.34. The molecular formula is C48H54N4+2. The molecule has 4 aromatic carbocycles. The van der Waals surface area contributed by atoms with Gasteiger partial charge < -0.3 is 0 Å². The molecule has 7 rings (SSSR count). The molecule has 2 aromatic heterocycles. The number of rotatable bonds is 6. The fourth-order valence-electron chi connectivity index (χ4n) is 9.32. The summed E-state index contributed by atoms with van der Waals surface area (Å²) in [5.74, 6) is 0.398. The summed E-state index contributed by atoms with van der Waals surface area (Å²) in [6.45, 7) is 26.7. The molecule has 2 atom stereocenters. The van der Waals surface area contributed by atoms with Gasteiger partial charge in [-0.15, -0.1) is 0 Å². The van der Waals surface area contributed by atoms with E-state index in [-0.39, 0.29) is 6.04 Å². The minimum atomic E-state index is 0.266. The van der Waals surface area contributed by atoms with Crippen LogP contribution in [-0.4, -0.2) is 9.13 Å². The Labute approximate surface area is 311 Å². The Bertz CT molecular complexity index is 2360. The molecule has 264 valence electrons. The number of benzene rings is 4. The van der Waals surface area contributed by atoms with Crippen molar-refractivity contribution in [1.82, 2.24) is 9.13 Å². The summed E-state index contributed by atoms with van der Waals surface area (Å²) in [7, 11) is 0. The fourth-order valence-corrected chi connectivity index (χ4v) is 9.32. The van der Waals surface area contributed by atoms with Crippen LogP contribution in [0.3, 0.4) is 0 Å². The molecule has 4 heteroatoms. The van der Waals surface area contributed by atoms with E-state index in [4.69, 9.17) is 0 Å². The third-order valence-electron chi connectivity index (χ3n) is 10.9. The first-order valence-electron chi connectivity index (χ1n) is 18.7. The molecule has 2 heterocycles. The topological polar surface area (TPSA) is 17.6 Å². The summed E-state index contributed by atoms with van der Waals surface area (Å²) in [6.07, 6.45) is 14.0. The standard InChI is InChI=1S/C48H54N4/c1-29-17-33(5)45(34(6)18-29)49-25-43(51(27-49)47-37(9)21-31(3)22-38(47)10)41-13-15-42(16-14-41)44-26-50(46-35(7)19-30(2)20-36(46)8)28-52(44)48-39(11)23-32(4)24-40(48)12/h13-28,33,45H,1-12H3/q+2. The van der Waals surface area contributed by atoms with Crippen molar-refractivity contribution in [3.05, 3.63) is 159 Å². The van der Waals surface area contributed by atoms with Gasteiger partial charge in [-0.1, -0.05) is 77.7 Å². The largest absolute Gasteiger partial charge is 0.254 e. The first-order valence-corrected chi connectivity index (χ1v) is 18.7. The van der Waals surface area contributed by atoms with Crippen molar-refractivity contribution >= 4 is 0 Å². The molecule has 0 fully saturated rings. The maximum absolute atomic E-state index is 2.44. The summed E-state index contributed by atoms with van der Waals surface area (Å²) in [5, 5.41) is 0. The number of hydrogen-bond acceptors (Lipinski definition) is 0. The summed E-state index contributed by atoms with van der Waals surface area (Å²) >= 11 is 0. The van der Waals surface area contributed by atoms with E-state index < -0.39 is 0 Å². The zero-order valence-electron chi connectivity index (χ0n) is 33.2. The molecule has 0 amide bonds. The van der Waals surface area contributed by atoms with Crippen LogP contribution in [0.1, 0.15) is 76.9 Å². The Morgan fingerprint density at radius 3 is 1.40 bits per heavy atom. The quantitative estimate of drug-likeness (QED) is 0.155. The first-order chi connectivity index (χ1) is 24.7. The first kappa shape index (κ1) is 35.2. The van der Waals surface area contributed by atoms with Gasteiger partial charge >= 0.3 is 0 Å². The highest BCUT2D eigenvalue weighted by Gasteiger charge is 2.31. The Morgan fingerprint density at radius 1 is 0.519 bits per heavy atom. The normalized spacial score (nSPS) is 15.9. The van der Waals surface area contributed by atoms with Gasteiger partial charge in [-0.25, -0.2) is 9.13 Å². The molecule has 1 aliphatic carbocycles. The second-order valence-electron chi connectivity index (χ2n) is 15.8. The van der Waals surface area contributed by atoms with Crippen molar-refractivity contribution in [2.75, 3.05) is 0 Å². The molecule has 6 aromatic rings. The Balaban J connectivity index is 1.39. The van der Waals surface area contributed by atoms with E-state index >= 15 is 0 Å². The summed E-state index contributed by atoms with van der Waals surface area (Å²) in [6, 6.07) is 23.2. The second kappa shape index (κ2) is 13.4. The molecule has 0 radical (unpaired) electrons. The monoisotopic (exact) mass is 686 g/mol. The maximum Gasteiger partial charge on any atom is 0.254 e. The minimum Gasteiger partial charge on any atom is -0.229 e. The van der Waals surface area contributed by atoms with Gasteiger partial charge in [0.2, 0.25) is 6.33 Å². The van der Waals surface area contributed by atoms with Crippen molar-refractivity contribution in [2.45, 2.75) is 89.1 Å². The highest BCUT2D eigenvalue weighted by molar-refractivity contribution is 5.70.